The first kappa shape index (κ1) is 12.7. The highest BCUT2D eigenvalue weighted by Gasteiger charge is 2.18. The van der Waals surface area contributed by atoms with Gasteiger partial charge in [-0.3, -0.25) is 4.79 Å². The van der Waals surface area contributed by atoms with Crippen LogP contribution in [0.1, 0.15) is 17.2 Å². The zero-order valence-electron chi connectivity index (χ0n) is 9.98. The Kier molecular flexibility index (Phi) is 4.04. The molecule has 0 aliphatic rings. The molecule has 0 bridgehead atoms. The molecular formula is C13H14N2O2S. The van der Waals surface area contributed by atoms with E-state index in [4.69, 9.17) is 5.11 Å². The van der Waals surface area contributed by atoms with E-state index in [2.05, 4.69) is 4.98 Å². The number of aliphatic carboxylic acids is 1. The monoisotopic (exact) mass is 262 g/mol. The van der Waals surface area contributed by atoms with Gasteiger partial charge >= 0.3 is 5.97 Å². The summed E-state index contributed by atoms with van der Waals surface area (Å²) in [6.45, 7) is 0. The standard InChI is InChI=1S/C13H14N2O2S/c1-15-8-7-14-13(15)18-11(9-12(16)17)10-5-3-2-4-6-10/h2-8,11H,9H2,1H3,(H,16,17). The van der Waals surface area contributed by atoms with E-state index in [1.54, 1.807) is 6.20 Å². The van der Waals surface area contributed by atoms with Crippen molar-refractivity contribution in [2.24, 2.45) is 7.05 Å². The van der Waals surface area contributed by atoms with E-state index >= 15 is 0 Å². The van der Waals surface area contributed by atoms with Crippen molar-refractivity contribution in [1.29, 1.82) is 0 Å². The molecule has 4 nitrogen and oxygen atoms in total. The minimum absolute atomic E-state index is 0.0849. The second-order valence-corrected chi connectivity index (χ2v) is 5.11. The Morgan fingerprint density at radius 2 is 2.17 bits per heavy atom. The lowest BCUT2D eigenvalue weighted by atomic mass is 10.1. The molecule has 1 atom stereocenters. The molecule has 94 valence electrons. The van der Waals surface area contributed by atoms with Crippen molar-refractivity contribution in [3.63, 3.8) is 0 Å². The van der Waals surface area contributed by atoms with Gasteiger partial charge in [0.05, 0.1) is 6.42 Å². The third-order valence-electron chi connectivity index (χ3n) is 2.56. The summed E-state index contributed by atoms with van der Waals surface area (Å²) in [7, 11) is 1.90. The molecule has 0 saturated carbocycles. The molecule has 2 aromatic rings. The zero-order chi connectivity index (χ0) is 13.0. The van der Waals surface area contributed by atoms with Gasteiger partial charge in [0.25, 0.3) is 0 Å². The van der Waals surface area contributed by atoms with Crippen LogP contribution in [-0.2, 0) is 11.8 Å². The summed E-state index contributed by atoms with van der Waals surface area (Å²) in [4.78, 5) is 15.2. The summed E-state index contributed by atoms with van der Waals surface area (Å²) < 4.78 is 1.89. The molecule has 0 aliphatic carbocycles. The molecular weight excluding hydrogens is 248 g/mol. The highest BCUT2D eigenvalue weighted by molar-refractivity contribution is 7.99. The lowest BCUT2D eigenvalue weighted by Gasteiger charge is -2.14. The first-order valence-electron chi connectivity index (χ1n) is 5.57. The highest BCUT2D eigenvalue weighted by atomic mass is 32.2. The van der Waals surface area contributed by atoms with Crippen LogP contribution in [-0.4, -0.2) is 20.6 Å². The van der Waals surface area contributed by atoms with Gasteiger partial charge in [-0.15, -0.1) is 0 Å². The Hall–Kier alpha value is -1.75. The molecule has 1 unspecified atom stereocenters. The fourth-order valence-electron chi connectivity index (χ4n) is 1.65. The number of rotatable bonds is 5. The number of imidazole rings is 1. The third kappa shape index (κ3) is 3.13. The maximum absolute atomic E-state index is 11.0. The maximum atomic E-state index is 11.0. The van der Waals surface area contributed by atoms with Gasteiger partial charge in [0, 0.05) is 24.7 Å². The molecule has 1 aromatic heterocycles. The molecule has 1 aromatic carbocycles. The predicted molar refractivity (Wildman–Crippen MR) is 70.5 cm³/mol. The molecule has 5 heteroatoms. The number of aryl methyl sites for hydroxylation is 1. The topological polar surface area (TPSA) is 55.1 Å². The SMILES string of the molecule is Cn1ccnc1SC(CC(=O)O)c1ccccc1. The van der Waals surface area contributed by atoms with Crippen molar-refractivity contribution in [2.75, 3.05) is 0 Å². The van der Waals surface area contributed by atoms with Crippen LogP contribution in [0.2, 0.25) is 0 Å². The van der Waals surface area contributed by atoms with Crippen molar-refractivity contribution in [1.82, 2.24) is 9.55 Å². The highest BCUT2D eigenvalue weighted by Crippen LogP contribution is 2.36. The summed E-state index contributed by atoms with van der Waals surface area (Å²) in [6.07, 6.45) is 3.65. The molecule has 18 heavy (non-hydrogen) atoms. The van der Waals surface area contributed by atoms with Gasteiger partial charge in [0.15, 0.2) is 5.16 Å². The first-order chi connectivity index (χ1) is 8.66. The predicted octanol–water partition coefficient (Wildman–Crippen LogP) is 2.73. The van der Waals surface area contributed by atoms with Crippen LogP contribution in [0.5, 0.6) is 0 Å². The lowest BCUT2D eigenvalue weighted by molar-refractivity contribution is -0.137. The van der Waals surface area contributed by atoms with E-state index in [1.165, 1.54) is 11.8 Å². The average molecular weight is 262 g/mol. The Bertz CT molecular complexity index is 525. The molecule has 0 radical (unpaired) electrons. The fourth-order valence-corrected chi connectivity index (χ4v) is 2.77. The second kappa shape index (κ2) is 5.73. The van der Waals surface area contributed by atoms with Crippen molar-refractivity contribution in [3.05, 3.63) is 48.3 Å². The van der Waals surface area contributed by atoms with Gasteiger partial charge in [0.1, 0.15) is 0 Å². The van der Waals surface area contributed by atoms with Crippen LogP contribution in [0.25, 0.3) is 0 Å². The van der Waals surface area contributed by atoms with Gasteiger partial charge in [0.2, 0.25) is 0 Å². The quantitative estimate of drug-likeness (QED) is 0.842. The Labute approximate surface area is 110 Å². The van der Waals surface area contributed by atoms with Crippen molar-refractivity contribution < 1.29 is 9.90 Å². The van der Waals surface area contributed by atoms with Crippen molar-refractivity contribution >= 4 is 17.7 Å². The van der Waals surface area contributed by atoms with E-state index in [-0.39, 0.29) is 11.7 Å². The van der Waals surface area contributed by atoms with Crippen LogP contribution >= 0.6 is 11.8 Å². The molecule has 0 saturated heterocycles. The molecule has 1 N–H and O–H groups in total. The number of aromatic nitrogens is 2. The normalized spacial score (nSPS) is 12.3. The van der Waals surface area contributed by atoms with Crippen LogP contribution < -0.4 is 0 Å². The lowest BCUT2D eigenvalue weighted by Crippen LogP contribution is -2.04. The van der Waals surface area contributed by atoms with Gasteiger partial charge in [-0.2, -0.15) is 0 Å². The van der Waals surface area contributed by atoms with Gasteiger partial charge < -0.3 is 9.67 Å². The number of carboxylic acids is 1. The van der Waals surface area contributed by atoms with E-state index in [9.17, 15) is 4.79 Å². The van der Waals surface area contributed by atoms with Crippen LogP contribution in [0.3, 0.4) is 0 Å². The Balaban J connectivity index is 2.21. The van der Waals surface area contributed by atoms with Crippen molar-refractivity contribution in [3.8, 4) is 0 Å². The fraction of sp³-hybridized carbons (Fsp3) is 0.231. The third-order valence-corrected chi connectivity index (χ3v) is 3.88. The minimum atomic E-state index is -0.800. The number of hydrogen-bond acceptors (Lipinski definition) is 3. The average Bonchev–Trinajstić information content (AvgIpc) is 2.75. The Morgan fingerprint density at radius 1 is 1.44 bits per heavy atom. The van der Waals surface area contributed by atoms with Gasteiger partial charge in [-0.1, -0.05) is 42.1 Å². The van der Waals surface area contributed by atoms with E-state index < -0.39 is 5.97 Å². The van der Waals surface area contributed by atoms with E-state index in [0.717, 1.165) is 10.7 Å². The largest absolute Gasteiger partial charge is 0.481 e. The molecule has 0 spiro atoms. The summed E-state index contributed by atoms with van der Waals surface area (Å²) >= 11 is 1.47. The molecule has 0 fully saturated rings. The maximum Gasteiger partial charge on any atom is 0.304 e. The minimum Gasteiger partial charge on any atom is -0.481 e. The van der Waals surface area contributed by atoms with E-state index in [0.29, 0.717) is 0 Å². The van der Waals surface area contributed by atoms with Gasteiger partial charge in [-0.05, 0) is 5.56 Å². The first-order valence-corrected chi connectivity index (χ1v) is 6.45. The number of benzene rings is 1. The Morgan fingerprint density at radius 3 is 2.72 bits per heavy atom. The zero-order valence-corrected chi connectivity index (χ0v) is 10.8. The molecule has 0 aliphatic heterocycles. The second-order valence-electron chi connectivity index (χ2n) is 3.94. The van der Waals surface area contributed by atoms with Crippen LogP contribution in [0.4, 0.5) is 0 Å². The number of carboxylic acid groups (broad SMARTS) is 1. The summed E-state index contributed by atoms with van der Waals surface area (Å²) in [6, 6.07) is 9.66. The summed E-state index contributed by atoms with van der Waals surface area (Å²) in [5.41, 5.74) is 1.01. The molecule has 1 heterocycles. The summed E-state index contributed by atoms with van der Waals surface area (Å²) in [5, 5.41) is 9.71. The van der Waals surface area contributed by atoms with Crippen LogP contribution in [0.15, 0.2) is 47.9 Å². The molecule has 2 rings (SSSR count). The smallest absolute Gasteiger partial charge is 0.304 e. The number of nitrogens with zero attached hydrogens (tertiary/aromatic N) is 2. The van der Waals surface area contributed by atoms with E-state index in [1.807, 2.05) is 48.1 Å². The number of hydrogen-bond donors (Lipinski definition) is 1. The van der Waals surface area contributed by atoms with Crippen LogP contribution in [0, 0.1) is 0 Å². The van der Waals surface area contributed by atoms with Gasteiger partial charge in [-0.25, -0.2) is 4.98 Å². The molecule has 0 amide bonds. The number of thioether (sulfide) groups is 1. The summed E-state index contributed by atoms with van der Waals surface area (Å²) in [5.74, 6) is -0.800. The number of carbonyl (C=O) groups is 1. The van der Waals surface area contributed by atoms with Crippen molar-refractivity contribution in [2.45, 2.75) is 16.8 Å².